The van der Waals surface area contributed by atoms with Crippen LogP contribution in [-0.2, 0) is 9.53 Å². The van der Waals surface area contributed by atoms with Gasteiger partial charge in [-0.3, -0.25) is 9.59 Å². The van der Waals surface area contributed by atoms with Gasteiger partial charge in [-0.25, -0.2) is 4.79 Å². The van der Waals surface area contributed by atoms with Crippen LogP contribution in [0.3, 0.4) is 0 Å². The van der Waals surface area contributed by atoms with Crippen LogP contribution in [0.5, 0.6) is 5.75 Å². The Kier molecular flexibility index (Phi) is 7.27. The quantitative estimate of drug-likeness (QED) is 0.372. The predicted octanol–water partition coefficient (Wildman–Crippen LogP) is 3.56. The van der Waals surface area contributed by atoms with Gasteiger partial charge in [0.15, 0.2) is 5.78 Å². The van der Waals surface area contributed by atoms with Gasteiger partial charge in [0, 0.05) is 16.8 Å². The summed E-state index contributed by atoms with van der Waals surface area (Å²) >= 11 is 0. The van der Waals surface area contributed by atoms with E-state index >= 15 is 0 Å². The third-order valence-electron chi connectivity index (χ3n) is 4.26. The summed E-state index contributed by atoms with van der Waals surface area (Å²) in [4.78, 5) is 36.7. The molecule has 0 fully saturated rings. The molecule has 1 amide bonds. The molecule has 0 aliphatic rings. The van der Waals surface area contributed by atoms with Crippen molar-refractivity contribution in [2.75, 3.05) is 19.0 Å². The first-order valence-corrected chi connectivity index (χ1v) is 9.13. The highest BCUT2D eigenvalue weighted by atomic mass is 19.4. The Morgan fingerprint density at radius 2 is 1.65 bits per heavy atom. The molecule has 0 radical (unpaired) electrons. The van der Waals surface area contributed by atoms with Crippen LogP contribution in [0.25, 0.3) is 0 Å². The minimum absolute atomic E-state index is 0.117. The number of methoxy groups -OCH3 is 1. The van der Waals surface area contributed by atoms with Crippen molar-refractivity contribution in [1.29, 1.82) is 0 Å². The number of hydrogen-bond donors (Lipinski definition) is 2. The molecular weight excluding hydrogens is 417 g/mol. The summed E-state index contributed by atoms with van der Waals surface area (Å²) in [6.07, 6.45) is -5.30. The Balaban J connectivity index is 2.52. The fourth-order valence-electron chi connectivity index (χ4n) is 2.65. The number of carbonyl (C=O) groups is 3. The number of hydrogen-bond acceptors (Lipinski definition) is 6. The highest BCUT2D eigenvalue weighted by molar-refractivity contribution is 6.00. The number of Topliss-reactive ketones (excluding diaryl/α,β-unsaturated/α-hetero) is 1. The molecule has 0 aromatic heterocycles. The fourth-order valence-corrected chi connectivity index (χ4v) is 2.65. The van der Waals surface area contributed by atoms with Crippen molar-refractivity contribution in [3.63, 3.8) is 0 Å². The van der Waals surface area contributed by atoms with Crippen LogP contribution in [0.4, 0.5) is 18.9 Å². The molecule has 166 valence electrons. The number of alkyl halides is 3. The number of rotatable bonds is 8. The van der Waals surface area contributed by atoms with Crippen molar-refractivity contribution in [2.45, 2.75) is 25.7 Å². The summed E-state index contributed by atoms with van der Waals surface area (Å²) in [6, 6.07) is 10.4. The SMILES string of the molecule is CCOC(=O)C(NC(=O)c1ccc(OC)cc1)(Nc1cccc(C(C)=O)c1)C(F)(F)F. The zero-order chi connectivity index (χ0) is 23.2. The predicted molar refractivity (Wildman–Crippen MR) is 106 cm³/mol. The largest absolute Gasteiger partial charge is 0.497 e. The van der Waals surface area contributed by atoms with Gasteiger partial charge in [-0.15, -0.1) is 0 Å². The molecule has 0 heterocycles. The van der Waals surface area contributed by atoms with E-state index in [0.29, 0.717) is 5.75 Å². The van der Waals surface area contributed by atoms with Crippen LogP contribution >= 0.6 is 0 Å². The Labute approximate surface area is 176 Å². The summed E-state index contributed by atoms with van der Waals surface area (Å²) in [6.45, 7) is 2.22. The number of carbonyl (C=O) groups excluding carboxylic acids is 3. The van der Waals surface area contributed by atoms with E-state index in [1.54, 1.807) is 5.32 Å². The minimum atomic E-state index is -5.30. The van der Waals surface area contributed by atoms with Gasteiger partial charge >= 0.3 is 17.8 Å². The second-order valence-corrected chi connectivity index (χ2v) is 6.41. The second kappa shape index (κ2) is 9.50. The molecule has 1 unspecified atom stereocenters. The summed E-state index contributed by atoms with van der Waals surface area (Å²) in [5, 5.41) is 3.76. The number of anilines is 1. The van der Waals surface area contributed by atoms with Crippen LogP contribution in [0.15, 0.2) is 48.5 Å². The standard InChI is InChI=1S/C21H21F3N2O5/c1-4-31-19(29)20(21(22,23)24,25-16-7-5-6-15(12-16)13(2)27)26-18(28)14-8-10-17(30-3)11-9-14/h5-12,25H,4H2,1-3H3,(H,26,28). The number of benzene rings is 2. The number of ether oxygens (including phenoxy) is 2. The Hall–Kier alpha value is -3.56. The second-order valence-electron chi connectivity index (χ2n) is 6.41. The van der Waals surface area contributed by atoms with Crippen LogP contribution in [0, 0.1) is 0 Å². The lowest BCUT2D eigenvalue weighted by Gasteiger charge is -2.35. The van der Waals surface area contributed by atoms with Gasteiger partial charge in [0.2, 0.25) is 0 Å². The third kappa shape index (κ3) is 5.33. The van der Waals surface area contributed by atoms with E-state index in [1.807, 2.05) is 5.32 Å². The molecule has 10 heteroatoms. The van der Waals surface area contributed by atoms with Crippen molar-refractivity contribution >= 4 is 23.3 Å². The maximum Gasteiger partial charge on any atom is 0.441 e. The van der Waals surface area contributed by atoms with Gasteiger partial charge < -0.3 is 20.1 Å². The van der Waals surface area contributed by atoms with Gasteiger partial charge in [-0.1, -0.05) is 12.1 Å². The average Bonchev–Trinajstić information content (AvgIpc) is 2.72. The van der Waals surface area contributed by atoms with Crippen LogP contribution in [0.1, 0.15) is 34.6 Å². The molecule has 0 saturated heterocycles. The lowest BCUT2D eigenvalue weighted by atomic mass is 10.1. The minimum Gasteiger partial charge on any atom is -0.497 e. The van der Waals surface area contributed by atoms with E-state index in [1.165, 1.54) is 63.4 Å². The summed E-state index contributed by atoms with van der Waals surface area (Å²) in [5.74, 6) is -2.93. The molecule has 31 heavy (non-hydrogen) atoms. The summed E-state index contributed by atoms with van der Waals surface area (Å²) in [5.41, 5.74) is -3.84. The number of ketones is 1. The molecule has 2 aromatic rings. The monoisotopic (exact) mass is 438 g/mol. The molecule has 2 rings (SSSR count). The Morgan fingerprint density at radius 1 is 1.00 bits per heavy atom. The van der Waals surface area contributed by atoms with E-state index < -0.39 is 23.7 Å². The van der Waals surface area contributed by atoms with Crippen LogP contribution in [0.2, 0.25) is 0 Å². The fraction of sp³-hybridized carbons (Fsp3) is 0.286. The van der Waals surface area contributed by atoms with Gasteiger partial charge in [-0.05, 0) is 50.2 Å². The molecule has 0 spiro atoms. The van der Waals surface area contributed by atoms with E-state index in [4.69, 9.17) is 4.74 Å². The maximum atomic E-state index is 14.2. The molecule has 1 atom stereocenters. The van der Waals surface area contributed by atoms with Crippen molar-refractivity contribution in [2.24, 2.45) is 0 Å². The van der Waals surface area contributed by atoms with E-state index in [2.05, 4.69) is 4.74 Å². The zero-order valence-corrected chi connectivity index (χ0v) is 17.0. The van der Waals surface area contributed by atoms with Crippen LogP contribution in [-0.4, -0.2) is 43.2 Å². The van der Waals surface area contributed by atoms with E-state index in [9.17, 15) is 27.6 Å². The van der Waals surface area contributed by atoms with Gasteiger partial charge in [0.05, 0.1) is 13.7 Å². The summed E-state index contributed by atoms with van der Waals surface area (Å²) < 4.78 is 52.3. The third-order valence-corrected chi connectivity index (χ3v) is 4.26. The van der Waals surface area contributed by atoms with Gasteiger partial charge in [-0.2, -0.15) is 13.2 Å². The van der Waals surface area contributed by atoms with Crippen molar-refractivity contribution in [1.82, 2.24) is 5.32 Å². The topological polar surface area (TPSA) is 93.7 Å². The lowest BCUT2D eigenvalue weighted by molar-refractivity contribution is -0.204. The molecule has 0 aliphatic heterocycles. The maximum absolute atomic E-state index is 14.2. The first-order chi connectivity index (χ1) is 14.5. The molecule has 2 aromatic carbocycles. The van der Waals surface area contributed by atoms with Gasteiger partial charge in [0.25, 0.3) is 5.91 Å². The molecule has 7 nitrogen and oxygen atoms in total. The smallest absolute Gasteiger partial charge is 0.441 e. The number of nitrogens with one attached hydrogen (secondary N) is 2. The highest BCUT2D eigenvalue weighted by Gasteiger charge is 2.63. The number of esters is 1. The Morgan fingerprint density at radius 3 is 2.16 bits per heavy atom. The van der Waals surface area contributed by atoms with Crippen molar-refractivity contribution < 1.29 is 37.0 Å². The molecule has 2 N–H and O–H groups in total. The number of amides is 1. The average molecular weight is 438 g/mol. The molecule has 0 aliphatic carbocycles. The van der Waals surface area contributed by atoms with E-state index in [0.717, 1.165) is 6.07 Å². The van der Waals surface area contributed by atoms with Gasteiger partial charge in [0.1, 0.15) is 5.75 Å². The molecular formula is C21H21F3N2O5. The van der Waals surface area contributed by atoms with Crippen molar-refractivity contribution in [3.8, 4) is 5.75 Å². The van der Waals surface area contributed by atoms with E-state index in [-0.39, 0.29) is 29.2 Å². The Bertz CT molecular complexity index is 960. The normalized spacial score (nSPS) is 13.0. The molecule has 0 saturated carbocycles. The van der Waals surface area contributed by atoms with Crippen LogP contribution < -0.4 is 15.4 Å². The molecule has 0 bridgehead atoms. The first-order valence-electron chi connectivity index (χ1n) is 9.13. The zero-order valence-electron chi connectivity index (χ0n) is 17.0. The highest BCUT2D eigenvalue weighted by Crippen LogP contribution is 2.34. The number of halogens is 3. The first kappa shape index (κ1) is 23.7. The lowest BCUT2D eigenvalue weighted by Crippen LogP contribution is -2.69. The summed E-state index contributed by atoms with van der Waals surface area (Å²) in [7, 11) is 1.39. The van der Waals surface area contributed by atoms with Crippen molar-refractivity contribution in [3.05, 3.63) is 59.7 Å².